The van der Waals surface area contributed by atoms with E-state index in [-0.39, 0.29) is 23.8 Å². The average molecular weight is 438 g/mol. The number of aryl methyl sites for hydroxylation is 2. The Morgan fingerprint density at radius 2 is 1.71 bits per heavy atom. The number of hydrogen-bond acceptors (Lipinski definition) is 5. The second-order valence-corrected chi connectivity index (χ2v) is 9.20. The second-order valence-electron chi connectivity index (χ2n) is 8.18. The van der Waals surface area contributed by atoms with Crippen molar-refractivity contribution in [2.24, 2.45) is 0 Å². The lowest BCUT2D eigenvalue weighted by atomic mass is 10.0. The van der Waals surface area contributed by atoms with E-state index in [0.717, 1.165) is 10.5 Å². The highest BCUT2D eigenvalue weighted by Crippen LogP contribution is 2.35. The molecule has 0 spiro atoms. The summed E-state index contributed by atoms with van der Waals surface area (Å²) < 4.78 is 17.8. The molecular weight excluding hydrogens is 410 g/mol. The zero-order valence-electron chi connectivity index (χ0n) is 18.2. The number of hydrogen-bond donors (Lipinski definition) is 1. The van der Waals surface area contributed by atoms with Gasteiger partial charge in [0.2, 0.25) is 0 Å². The first-order valence-corrected chi connectivity index (χ1v) is 11.2. The summed E-state index contributed by atoms with van der Waals surface area (Å²) in [7, 11) is 0. The van der Waals surface area contributed by atoms with Gasteiger partial charge in [0, 0.05) is 4.90 Å². The maximum Gasteiger partial charge on any atom is 0.287 e. The van der Waals surface area contributed by atoms with Crippen molar-refractivity contribution in [3.8, 4) is 0 Å². The molecule has 1 N–H and O–H groups in total. The van der Waals surface area contributed by atoms with Crippen LogP contribution in [0.15, 0.2) is 75.1 Å². The molecule has 162 valence electrons. The van der Waals surface area contributed by atoms with E-state index >= 15 is 0 Å². The molecule has 2 aromatic carbocycles. The maximum atomic E-state index is 12.9. The van der Waals surface area contributed by atoms with Crippen molar-refractivity contribution >= 4 is 17.7 Å². The normalized spacial score (nSPS) is 20.4. The lowest BCUT2D eigenvalue weighted by Gasteiger charge is -2.41. The van der Waals surface area contributed by atoms with Gasteiger partial charge in [-0.1, -0.05) is 60.3 Å². The third-order valence-corrected chi connectivity index (χ3v) is 6.52. The summed E-state index contributed by atoms with van der Waals surface area (Å²) in [6, 6.07) is 19.3. The smallest absolute Gasteiger partial charge is 0.287 e. The second kappa shape index (κ2) is 8.91. The number of carbonyl (C=O) groups excluding carboxylic acids is 1. The van der Waals surface area contributed by atoms with Gasteiger partial charge in [0.15, 0.2) is 16.6 Å². The van der Waals surface area contributed by atoms with Crippen molar-refractivity contribution < 1.29 is 18.7 Å². The van der Waals surface area contributed by atoms with Gasteiger partial charge in [-0.2, -0.15) is 0 Å². The molecule has 31 heavy (non-hydrogen) atoms. The molecule has 3 aromatic rings. The van der Waals surface area contributed by atoms with Crippen LogP contribution in [0.5, 0.6) is 0 Å². The van der Waals surface area contributed by atoms with Crippen molar-refractivity contribution in [3.05, 3.63) is 83.1 Å². The van der Waals surface area contributed by atoms with Crippen molar-refractivity contribution in [1.82, 2.24) is 5.32 Å². The van der Waals surface area contributed by atoms with Crippen molar-refractivity contribution in [1.29, 1.82) is 0 Å². The minimum absolute atomic E-state index is 0.269. The molecule has 5 nitrogen and oxygen atoms in total. The molecule has 1 aliphatic heterocycles. The van der Waals surface area contributed by atoms with Gasteiger partial charge in [-0.25, -0.2) is 0 Å². The van der Waals surface area contributed by atoms with Crippen LogP contribution in [-0.2, 0) is 9.47 Å². The predicted molar refractivity (Wildman–Crippen MR) is 120 cm³/mol. The number of furan rings is 1. The van der Waals surface area contributed by atoms with Crippen LogP contribution in [-0.4, -0.2) is 24.3 Å². The Labute approximate surface area is 187 Å². The molecule has 1 aromatic heterocycles. The number of ether oxygens (including phenoxy) is 2. The van der Waals surface area contributed by atoms with Crippen molar-refractivity contribution in [3.63, 3.8) is 0 Å². The molecule has 6 heteroatoms. The Balaban J connectivity index is 1.49. The van der Waals surface area contributed by atoms with E-state index in [2.05, 4.69) is 31.3 Å². The third kappa shape index (κ3) is 5.03. The zero-order chi connectivity index (χ0) is 22.0. The van der Waals surface area contributed by atoms with E-state index in [9.17, 15) is 4.79 Å². The topological polar surface area (TPSA) is 60.7 Å². The number of carbonyl (C=O) groups is 1. The van der Waals surface area contributed by atoms with E-state index in [1.54, 1.807) is 6.07 Å². The Hall–Kier alpha value is -2.54. The number of amides is 1. The van der Waals surface area contributed by atoms with E-state index in [1.807, 2.05) is 56.3 Å². The molecule has 2 atom stereocenters. The minimum atomic E-state index is -0.721. The summed E-state index contributed by atoms with van der Waals surface area (Å²) in [6.45, 7) is 8.25. The zero-order valence-corrected chi connectivity index (χ0v) is 19.0. The SMILES string of the molecule is Cc1cccc(C)c1Sc1ccc(C(=O)NC2COC(C)(C)OC2c2ccccc2)o1. The van der Waals surface area contributed by atoms with Gasteiger partial charge >= 0.3 is 0 Å². The largest absolute Gasteiger partial charge is 0.444 e. The van der Waals surface area contributed by atoms with E-state index in [4.69, 9.17) is 13.9 Å². The van der Waals surface area contributed by atoms with Gasteiger partial charge in [0.05, 0.1) is 12.6 Å². The number of benzene rings is 2. The fourth-order valence-electron chi connectivity index (χ4n) is 3.66. The van der Waals surface area contributed by atoms with Gasteiger partial charge < -0.3 is 19.2 Å². The summed E-state index contributed by atoms with van der Waals surface area (Å²) >= 11 is 1.53. The average Bonchev–Trinajstić information content (AvgIpc) is 3.21. The lowest BCUT2D eigenvalue weighted by Crippen LogP contribution is -2.51. The molecule has 0 bridgehead atoms. The van der Waals surface area contributed by atoms with Gasteiger partial charge in [-0.15, -0.1) is 0 Å². The van der Waals surface area contributed by atoms with Gasteiger partial charge in [0.25, 0.3) is 5.91 Å². The molecule has 1 amide bonds. The first kappa shape index (κ1) is 21.7. The van der Waals surface area contributed by atoms with Crippen LogP contribution >= 0.6 is 11.8 Å². The Morgan fingerprint density at radius 1 is 1.00 bits per heavy atom. The summed E-state index contributed by atoms with van der Waals surface area (Å²) in [4.78, 5) is 14.1. The lowest BCUT2D eigenvalue weighted by molar-refractivity contribution is -0.284. The molecule has 1 aliphatic rings. The molecule has 1 fully saturated rings. The standard InChI is InChI=1S/C25H27NO4S/c1-16-9-8-10-17(2)23(16)31-21-14-13-20(29-21)24(27)26-19-15-28-25(3,4)30-22(19)18-11-6-5-7-12-18/h5-14,19,22H,15H2,1-4H3,(H,26,27). The third-order valence-electron chi connectivity index (χ3n) is 5.25. The van der Waals surface area contributed by atoms with Crippen LogP contribution in [0.4, 0.5) is 0 Å². The monoisotopic (exact) mass is 437 g/mol. The molecule has 4 rings (SSSR count). The van der Waals surface area contributed by atoms with Crippen molar-refractivity contribution in [2.75, 3.05) is 6.61 Å². The number of nitrogens with one attached hydrogen (secondary N) is 1. The van der Waals surface area contributed by atoms with Crippen LogP contribution in [0.25, 0.3) is 0 Å². The van der Waals surface area contributed by atoms with Gasteiger partial charge in [0.1, 0.15) is 6.10 Å². The maximum absolute atomic E-state index is 12.9. The van der Waals surface area contributed by atoms with E-state index < -0.39 is 5.79 Å². The molecule has 2 unspecified atom stereocenters. The quantitative estimate of drug-likeness (QED) is 0.557. The summed E-state index contributed by atoms with van der Waals surface area (Å²) in [6.07, 6.45) is -0.313. The van der Waals surface area contributed by atoms with Crippen LogP contribution in [0.1, 0.15) is 47.2 Å². The fourth-order valence-corrected chi connectivity index (χ4v) is 4.58. The first-order valence-electron chi connectivity index (χ1n) is 10.3. The highest BCUT2D eigenvalue weighted by Gasteiger charge is 2.38. The molecule has 1 saturated heterocycles. The minimum Gasteiger partial charge on any atom is -0.444 e. The van der Waals surface area contributed by atoms with Gasteiger partial charge in [-0.3, -0.25) is 4.79 Å². The first-order chi connectivity index (χ1) is 14.8. The summed E-state index contributed by atoms with van der Waals surface area (Å²) in [5, 5.41) is 3.71. The fraction of sp³-hybridized carbons (Fsp3) is 0.320. The Kier molecular flexibility index (Phi) is 6.23. The van der Waals surface area contributed by atoms with Crippen LogP contribution < -0.4 is 5.32 Å². The molecule has 0 aliphatic carbocycles. The van der Waals surface area contributed by atoms with E-state index in [0.29, 0.717) is 11.7 Å². The molecule has 2 heterocycles. The molecular formula is C25H27NO4S. The molecule has 0 saturated carbocycles. The van der Waals surface area contributed by atoms with Crippen LogP contribution in [0.3, 0.4) is 0 Å². The molecule has 0 radical (unpaired) electrons. The highest BCUT2D eigenvalue weighted by atomic mass is 32.2. The Morgan fingerprint density at radius 3 is 2.42 bits per heavy atom. The predicted octanol–water partition coefficient (Wildman–Crippen LogP) is 5.67. The van der Waals surface area contributed by atoms with Crippen LogP contribution in [0.2, 0.25) is 0 Å². The van der Waals surface area contributed by atoms with Crippen LogP contribution in [0, 0.1) is 13.8 Å². The van der Waals surface area contributed by atoms with E-state index in [1.165, 1.54) is 22.9 Å². The summed E-state index contributed by atoms with van der Waals surface area (Å²) in [5.41, 5.74) is 3.35. The Bertz CT molecular complexity index is 1040. The van der Waals surface area contributed by atoms with Gasteiger partial charge in [-0.05, 0) is 56.5 Å². The highest BCUT2D eigenvalue weighted by molar-refractivity contribution is 7.99. The summed E-state index contributed by atoms with van der Waals surface area (Å²) in [5.74, 6) is -0.738. The number of rotatable bonds is 5. The van der Waals surface area contributed by atoms with Crippen molar-refractivity contribution in [2.45, 2.75) is 55.6 Å².